The molecule has 0 spiro atoms. The lowest BCUT2D eigenvalue weighted by molar-refractivity contribution is -0.137. The second kappa shape index (κ2) is 4.26. The molecule has 2 nitrogen and oxygen atoms in total. The van der Waals surface area contributed by atoms with Crippen molar-refractivity contribution in [2.24, 2.45) is 5.41 Å². The summed E-state index contributed by atoms with van der Waals surface area (Å²) in [7, 11) is 1.84. The maximum absolute atomic E-state index is 11.6. The minimum Gasteiger partial charge on any atom is -0.344 e. The zero-order valence-electron chi connectivity index (χ0n) is 8.52. The van der Waals surface area contributed by atoms with Gasteiger partial charge in [0.15, 0.2) is 0 Å². The number of hydrogen-bond donors (Lipinski definition) is 0. The second-order valence-corrected chi connectivity index (χ2v) is 5.78. The molecule has 0 aromatic carbocycles. The van der Waals surface area contributed by atoms with Crippen LogP contribution in [0.25, 0.3) is 0 Å². The van der Waals surface area contributed by atoms with Gasteiger partial charge in [-0.2, -0.15) is 0 Å². The molecule has 0 rings (SSSR count). The standard InChI is InChI=1S/C9H18BrNO/c1-7(10)6-11(5)8(12)9(2,3)4/h7H,6H2,1-5H3. The Hall–Kier alpha value is -0.0500. The second-order valence-electron chi connectivity index (χ2n) is 4.22. The average molecular weight is 236 g/mol. The Balaban J connectivity index is 4.12. The van der Waals surface area contributed by atoms with Crippen molar-refractivity contribution in [3.63, 3.8) is 0 Å². The van der Waals surface area contributed by atoms with Gasteiger partial charge in [0.2, 0.25) is 5.91 Å². The number of halogens is 1. The monoisotopic (exact) mass is 235 g/mol. The van der Waals surface area contributed by atoms with Crippen molar-refractivity contribution in [2.75, 3.05) is 13.6 Å². The highest BCUT2D eigenvalue weighted by molar-refractivity contribution is 9.09. The lowest BCUT2D eigenvalue weighted by atomic mass is 9.95. The summed E-state index contributed by atoms with van der Waals surface area (Å²) in [5.74, 6) is 0.189. The molecule has 3 heteroatoms. The molecular weight excluding hydrogens is 218 g/mol. The molecule has 0 aliphatic heterocycles. The van der Waals surface area contributed by atoms with Crippen LogP contribution >= 0.6 is 15.9 Å². The summed E-state index contributed by atoms with van der Waals surface area (Å²) in [5, 5.41) is 0. The first kappa shape index (κ1) is 11.9. The number of rotatable bonds is 2. The van der Waals surface area contributed by atoms with Crippen LogP contribution < -0.4 is 0 Å². The maximum atomic E-state index is 11.6. The molecule has 0 bridgehead atoms. The third-order valence-electron chi connectivity index (χ3n) is 1.51. The smallest absolute Gasteiger partial charge is 0.227 e. The van der Waals surface area contributed by atoms with E-state index in [0.717, 1.165) is 6.54 Å². The van der Waals surface area contributed by atoms with Crippen LogP contribution in [0.15, 0.2) is 0 Å². The highest BCUT2D eigenvalue weighted by Gasteiger charge is 2.25. The minimum absolute atomic E-state index is 0.189. The van der Waals surface area contributed by atoms with Crippen LogP contribution in [-0.4, -0.2) is 29.2 Å². The first-order valence-electron chi connectivity index (χ1n) is 4.14. The number of nitrogens with zero attached hydrogens (tertiary/aromatic N) is 1. The molecule has 0 aromatic heterocycles. The first-order valence-corrected chi connectivity index (χ1v) is 5.06. The maximum Gasteiger partial charge on any atom is 0.227 e. The van der Waals surface area contributed by atoms with Crippen LogP contribution in [0.2, 0.25) is 0 Å². The topological polar surface area (TPSA) is 20.3 Å². The Kier molecular flexibility index (Phi) is 4.24. The van der Waals surface area contributed by atoms with Gasteiger partial charge in [-0.05, 0) is 0 Å². The summed E-state index contributed by atoms with van der Waals surface area (Å²) >= 11 is 3.42. The number of alkyl halides is 1. The van der Waals surface area contributed by atoms with E-state index >= 15 is 0 Å². The van der Waals surface area contributed by atoms with E-state index in [4.69, 9.17) is 0 Å². The third kappa shape index (κ3) is 4.10. The summed E-state index contributed by atoms with van der Waals surface area (Å²) in [6.45, 7) is 8.60. The van der Waals surface area contributed by atoms with E-state index in [2.05, 4.69) is 15.9 Å². The van der Waals surface area contributed by atoms with Gasteiger partial charge in [0.1, 0.15) is 0 Å². The number of amides is 1. The van der Waals surface area contributed by atoms with E-state index < -0.39 is 0 Å². The molecule has 0 saturated carbocycles. The van der Waals surface area contributed by atoms with E-state index in [0.29, 0.717) is 4.83 Å². The quantitative estimate of drug-likeness (QED) is 0.673. The van der Waals surface area contributed by atoms with Gasteiger partial charge >= 0.3 is 0 Å². The minimum atomic E-state index is -0.267. The lowest BCUT2D eigenvalue weighted by Gasteiger charge is -2.26. The van der Waals surface area contributed by atoms with Gasteiger partial charge in [-0.25, -0.2) is 0 Å². The zero-order valence-corrected chi connectivity index (χ0v) is 10.1. The third-order valence-corrected chi connectivity index (χ3v) is 1.80. The molecule has 12 heavy (non-hydrogen) atoms. The van der Waals surface area contributed by atoms with E-state index in [-0.39, 0.29) is 11.3 Å². The molecule has 1 atom stereocenters. The predicted octanol–water partition coefficient (Wildman–Crippen LogP) is 2.27. The first-order chi connectivity index (χ1) is 5.25. The van der Waals surface area contributed by atoms with Gasteiger partial charge in [0.05, 0.1) is 0 Å². The molecule has 0 heterocycles. The Bertz CT molecular complexity index is 160. The Morgan fingerprint density at radius 1 is 1.50 bits per heavy atom. The van der Waals surface area contributed by atoms with Gasteiger partial charge < -0.3 is 4.90 Å². The Morgan fingerprint density at radius 2 is 1.92 bits per heavy atom. The van der Waals surface area contributed by atoms with Gasteiger partial charge in [-0.15, -0.1) is 0 Å². The van der Waals surface area contributed by atoms with Crippen LogP contribution in [0.3, 0.4) is 0 Å². The van der Waals surface area contributed by atoms with Gasteiger partial charge in [-0.3, -0.25) is 4.79 Å². The summed E-state index contributed by atoms with van der Waals surface area (Å²) < 4.78 is 0. The predicted molar refractivity (Wildman–Crippen MR) is 55.5 cm³/mol. The van der Waals surface area contributed by atoms with Crippen molar-refractivity contribution in [3.05, 3.63) is 0 Å². The molecule has 0 aliphatic carbocycles. The van der Waals surface area contributed by atoms with Crippen molar-refractivity contribution < 1.29 is 4.79 Å². The fourth-order valence-corrected chi connectivity index (χ4v) is 1.47. The SMILES string of the molecule is CC(Br)CN(C)C(=O)C(C)(C)C. The summed E-state index contributed by atoms with van der Waals surface area (Å²) in [6, 6.07) is 0. The van der Waals surface area contributed by atoms with Crippen molar-refractivity contribution in [1.82, 2.24) is 4.90 Å². The molecule has 0 saturated heterocycles. The van der Waals surface area contributed by atoms with Crippen LogP contribution in [0.5, 0.6) is 0 Å². The number of carbonyl (C=O) groups excluding carboxylic acids is 1. The van der Waals surface area contributed by atoms with E-state index in [9.17, 15) is 4.79 Å². The highest BCUT2D eigenvalue weighted by Crippen LogP contribution is 2.17. The summed E-state index contributed by atoms with van der Waals surface area (Å²) in [5.41, 5.74) is -0.267. The van der Waals surface area contributed by atoms with Crippen LogP contribution in [0, 0.1) is 5.41 Å². The highest BCUT2D eigenvalue weighted by atomic mass is 79.9. The normalized spacial score (nSPS) is 14.2. The molecule has 0 fully saturated rings. The van der Waals surface area contributed by atoms with Crippen molar-refractivity contribution in [3.8, 4) is 0 Å². The fraction of sp³-hybridized carbons (Fsp3) is 0.889. The molecule has 72 valence electrons. The summed E-state index contributed by atoms with van der Waals surface area (Å²) in [4.78, 5) is 13.7. The van der Waals surface area contributed by atoms with Crippen molar-refractivity contribution in [2.45, 2.75) is 32.5 Å². The molecule has 0 aromatic rings. The summed E-state index contributed by atoms with van der Waals surface area (Å²) in [6.07, 6.45) is 0. The van der Waals surface area contributed by atoms with E-state index in [1.807, 2.05) is 34.7 Å². The molecule has 1 amide bonds. The van der Waals surface area contributed by atoms with E-state index in [1.165, 1.54) is 0 Å². The number of hydrogen-bond acceptors (Lipinski definition) is 1. The van der Waals surface area contributed by atoms with Crippen LogP contribution in [0.1, 0.15) is 27.7 Å². The van der Waals surface area contributed by atoms with Crippen LogP contribution in [0.4, 0.5) is 0 Å². The van der Waals surface area contributed by atoms with E-state index in [1.54, 1.807) is 4.90 Å². The van der Waals surface area contributed by atoms with Crippen molar-refractivity contribution >= 4 is 21.8 Å². The van der Waals surface area contributed by atoms with Gasteiger partial charge in [-0.1, -0.05) is 43.6 Å². The van der Waals surface area contributed by atoms with Gasteiger partial charge in [0, 0.05) is 23.8 Å². The largest absolute Gasteiger partial charge is 0.344 e. The van der Waals surface area contributed by atoms with Crippen LogP contribution in [-0.2, 0) is 4.79 Å². The molecular formula is C9H18BrNO. The Labute approximate surface area is 83.4 Å². The molecule has 0 radical (unpaired) electrons. The Morgan fingerprint density at radius 3 is 2.17 bits per heavy atom. The average Bonchev–Trinajstić information content (AvgIpc) is 1.82. The van der Waals surface area contributed by atoms with Gasteiger partial charge in [0.25, 0.3) is 0 Å². The number of carbonyl (C=O) groups is 1. The fourth-order valence-electron chi connectivity index (χ4n) is 1.03. The molecule has 1 unspecified atom stereocenters. The molecule has 0 aliphatic rings. The molecule has 0 N–H and O–H groups in total. The van der Waals surface area contributed by atoms with Crippen molar-refractivity contribution in [1.29, 1.82) is 0 Å². The lowest BCUT2D eigenvalue weighted by Crippen LogP contribution is -2.39. The zero-order chi connectivity index (χ0) is 9.94.